The van der Waals surface area contributed by atoms with Crippen LogP contribution >= 0.6 is 0 Å². The maximum Gasteiger partial charge on any atom is 0.306 e. The molecule has 0 rings (SSSR count). The lowest BCUT2D eigenvalue weighted by molar-refractivity contribution is -0.167. The van der Waals surface area contributed by atoms with E-state index >= 15 is 0 Å². The summed E-state index contributed by atoms with van der Waals surface area (Å²) in [7, 11) is 0. The van der Waals surface area contributed by atoms with E-state index in [1.54, 1.807) is 0 Å². The summed E-state index contributed by atoms with van der Waals surface area (Å²) in [5.41, 5.74) is 0. The molecule has 0 aromatic carbocycles. The molecule has 0 aliphatic heterocycles. The second kappa shape index (κ2) is 51.8. The maximum absolute atomic E-state index is 12.7. The van der Waals surface area contributed by atoms with Crippen LogP contribution in [0, 0.1) is 0 Å². The monoisotopic (exact) mass is 875 g/mol. The van der Waals surface area contributed by atoms with Crippen molar-refractivity contribution in [3.8, 4) is 0 Å². The summed E-state index contributed by atoms with van der Waals surface area (Å²) in [5, 5.41) is 0. The van der Waals surface area contributed by atoms with Crippen LogP contribution in [0.5, 0.6) is 0 Å². The van der Waals surface area contributed by atoms with E-state index < -0.39 is 6.10 Å². The smallest absolute Gasteiger partial charge is 0.306 e. The molecule has 0 bridgehead atoms. The molecule has 6 heteroatoms. The van der Waals surface area contributed by atoms with Gasteiger partial charge >= 0.3 is 17.9 Å². The number of hydrogen-bond donors (Lipinski definition) is 0. The first-order valence-corrected chi connectivity index (χ1v) is 27.7. The minimum absolute atomic E-state index is 0.0691. The summed E-state index contributed by atoms with van der Waals surface area (Å²) in [4.78, 5) is 37.7. The molecule has 0 saturated heterocycles. The molecule has 366 valence electrons. The fraction of sp³-hybridized carbons (Fsp3) is 0.911. The van der Waals surface area contributed by atoms with Crippen LogP contribution in [-0.4, -0.2) is 37.2 Å². The molecule has 1 unspecified atom stereocenters. The SMILES string of the molecule is CCC/C=C\CCCCCCCC(=O)OC(COC(=O)CCCCCCCCC)COC(=O)CCCCCCCCCCCCCCCCCCCCCCCCCCCCC. The molecule has 0 spiro atoms. The van der Waals surface area contributed by atoms with Gasteiger partial charge in [-0.3, -0.25) is 14.4 Å². The van der Waals surface area contributed by atoms with Crippen molar-refractivity contribution in [1.29, 1.82) is 0 Å². The number of allylic oxidation sites excluding steroid dienone is 2. The van der Waals surface area contributed by atoms with Crippen LogP contribution in [0.2, 0.25) is 0 Å². The van der Waals surface area contributed by atoms with Crippen molar-refractivity contribution in [3.05, 3.63) is 12.2 Å². The topological polar surface area (TPSA) is 78.9 Å². The Balaban J connectivity index is 3.96. The summed E-state index contributed by atoms with van der Waals surface area (Å²) in [6, 6.07) is 0. The van der Waals surface area contributed by atoms with Gasteiger partial charge in [-0.1, -0.05) is 264 Å². The predicted molar refractivity (Wildman–Crippen MR) is 266 cm³/mol. The predicted octanol–water partition coefficient (Wildman–Crippen LogP) is 18.2. The molecule has 62 heavy (non-hydrogen) atoms. The molecule has 0 aliphatic rings. The third-order valence-electron chi connectivity index (χ3n) is 12.5. The van der Waals surface area contributed by atoms with Gasteiger partial charge in [-0.05, 0) is 38.5 Å². The van der Waals surface area contributed by atoms with Crippen molar-refractivity contribution in [3.63, 3.8) is 0 Å². The number of ether oxygens (including phenoxy) is 3. The summed E-state index contributed by atoms with van der Waals surface area (Å²) >= 11 is 0. The summed E-state index contributed by atoms with van der Waals surface area (Å²) in [6.45, 7) is 6.56. The first-order valence-electron chi connectivity index (χ1n) is 27.7. The molecule has 1 atom stereocenters. The van der Waals surface area contributed by atoms with Gasteiger partial charge in [0.1, 0.15) is 13.2 Å². The lowest BCUT2D eigenvalue weighted by Crippen LogP contribution is -2.30. The number of unbranched alkanes of at least 4 members (excludes halogenated alkanes) is 38. The molecule has 0 fully saturated rings. The van der Waals surface area contributed by atoms with Crippen LogP contribution in [0.15, 0.2) is 12.2 Å². The van der Waals surface area contributed by atoms with Gasteiger partial charge in [0.15, 0.2) is 6.10 Å². The van der Waals surface area contributed by atoms with Gasteiger partial charge in [-0.25, -0.2) is 0 Å². The Morgan fingerprint density at radius 3 is 0.871 bits per heavy atom. The average Bonchev–Trinajstić information content (AvgIpc) is 3.27. The average molecular weight is 875 g/mol. The third kappa shape index (κ3) is 49.2. The van der Waals surface area contributed by atoms with Gasteiger partial charge in [-0.15, -0.1) is 0 Å². The van der Waals surface area contributed by atoms with Crippen molar-refractivity contribution in [2.24, 2.45) is 0 Å². The fourth-order valence-corrected chi connectivity index (χ4v) is 8.33. The zero-order valence-electron chi connectivity index (χ0n) is 41.9. The number of rotatable bonds is 51. The van der Waals surface area contributed by atoms with E-state index in [0.29, 0.717) is 19.3 Å². The van der Waals surface area contributed by atoms with Crippen LogP contribution in [0.25, 0.3) is 0 Å². The molecular formula is C56H106O6. The van der Waals surface area contributed by atoms with E-state index in [1.165, 1.54) is 199 Å². The summed E-state index contributed by atoms with van der Waals surface area (Å²) in [6.07, 6.45) is 58.2. The number of carbonyl (C=O) groups is 3. The molecule has 0 amide bonds. The van der Waals surface area contributed by atoms with Crippen molar-refractivity contribution in [2.75, 3.05) is 13.2 Å². The molecule has 6 nitrogen and oxygen atoms in total. The Labute approximate surface area is 386 Å². The first-order chi connectivity index (χ1) is 30.5. The molecule has 0 aliphatic carbocycles. The highest BCUT2D eigenvalue weighted by atomic mass is 16.6. The molecule has 0 heterocycles. The normalized spacial score (nSPS) is 12.0. The quantitative estimate of drug-likeness (QED) is 0.0262. The highest BCUT2D eigenvalue weighted by Gasteiger charge is 2.19. The second-order valence-electron chi connectivity index (χ2n) is 18.9. The van der Waals surface area contributed by atoms with E-state index in [2.05, 4.69) is 32.9 Å². The highest BCUT2D eigenvalue weighted by Crippen LogP contribution is 2.17. The Bertz CT molecular complexity index is 962. The first kappa shape index (κ1) is 60.2. The van der Waals surface area contributed by atoms with E-state index in [1.807, 2.05) is 0 Å². The van der Waals surface area contributed by atoms with Crippen LogP contribution in [0.4, 0.5) is 0 Å². The van der Waals surface area contributed by atoms with Gasteiger partial charge in [0.25, 0.3) is 0 Å². The molecule has 0 aromatic heterocycles. The van der Waals surface area contributed by atoms with Gasteiger partial charge in [0.05, 0.1) is 0 Å². The Morgan fingerprint density at radius 2 is 0.565 bits per heavy atom. The zero-order valence-corrected chi connectivity index (χ0v) is 41.9. The Hall–Kier alpha value is -1.85. The lowest BCUT2D eigenvalue weighted by atomic mass is 10.0. The standard InChI is InChI=1S/C56H106O6/c1-4-7-10-13-16-18-20-21-22-23-24-25-26-27-28-29-30-31-32-33-34-35-36-38-40-43-46-49-55(58)61-52-53(51-60-54(57)48-45-42-39-15-12-9-6-3)62-56(59)50-47-44-41-37-19-17-14-11-8-5-2/h11,14,53H,4-10,12-13,15-52H2,1-3H3/b14-11-. The third-order valence-corrected chi connectivity index (χ3v) is 12.5. The minimum Gasteiger partial charge on any atom is -0.462 e. The maximum atomic E-state index is 12.7. The highest BCUT2D eigenvalue weighted by molar-refractivity contribution is 5.71. The molecule has 0 saturated carbocycles. The van der Waals surface area contributed by atoms with Crippen LogP contribution in [0.3, 0.4) is 0 Å². The number of carbonyl (C=O) groups excluding carboxylic acids is 3. The van der Waals surface area contributed by atoms with Crippen molar-refractivity contribution in [2.45, 2.75) is 316 Å². The number of hydrogen-bond acceptors (Lipinski definition) is 6. The zero-order chi connectivity index (χ0) is 45.1. The van der Waals surface area contributed by atoms with E-state index in [4.69, 9.17) is 14.2 Å². The van der Waals surface area contributed by atoms with Crippen LogP contribution < -0.4 is 0 Å². The fourth-order valence-electron chi connectivity index (χ4n) is 8.33. The molecule has 0 N–H and O–H groups in total. The lowest BCUT2D eigenvalue weighted by Gasteiger charge is -2.18. The number of esters is 3. The van der Waals surface area contributed by atoms with E-state index in [9.17, 15) is 14.4 Å². The second-order valence-corrected chi connectivity index (χ2v) is 18.9. The largest absolute Gasteiger partial charge is 0.462 e. The Morgan fingerprint density at radius 1 is 0.306 bits per heavy atom. The summed E-state index contributed by atoms with van der Waals surface area (Å²) in [5.74, 6) is -0.872. The van der Waals surface area contributed by atoms with Gasteiger partial charge < -0.3 is 14.2 Å². The van der Waals surface area contributed by atoms with E-state index in [0.717, 1.165) is 70.6 Å². The molecule has 0 aromatic rings. The van der Waals surface area contributed by atoms with Crippen LogP contribution in [-0.2, 0) is 28.6 Å². The van der Waals surface area contributed by atoms with Crippen molar-refractivity contribution >= 4 is 17.9 Å². The molecule has 0 radical (unpaired) electrons. The van der Waals surface area contributed by atoms with Gasteiger partial charge in [-0.2, -0.15) is 0 Å². The van der Waals surface area contributed by atoms with E-state index in [-0.39, 0.29) is 31.1 Å². The van der Waals surface area contributed by atoms with Gasteiger partial charge in [0, 0.05) is 19.3 Å². The van der Waals surface area contributed by atoms with Gasteiger partial charge in [0.2, 0.25) is 0 Å². The van der Waals surface area contributed by atoms with Crippen molar-refractivity contribution < 1.29 is 28.6 Å². The van der Waals surface area contributed by atoms with Crippen molar-refractivity contribution in [1.82, 2.24) is 0 Å². The van der Waals surface area contributed by atoms with Crippen LogP contribution in [0.1, 0.15) is 310 Å². The summed E-state index contributed by atoms with van der Waals surface area (Å²) < 4.78 is 16.7. The molecular weight excluding hydrogens is 769 g/mol. The minimum atomic E-state index is -0.766. The Kier molecular flexibility index (Phi) is 50.2.